The third-order valence-corrected chi connectivity index (χ3v) is 2.72. The molecule has 76 valence electrons. The lowest BCUT2D eigenvalue weighted by atomic mass is 10.0. The van der Waals surface area contributed by atoms with Crippen molar-refractivity contribution >= 4 is 13.4 Å². The lowest BCUT2D eigenvalue weighted by molar-refractivity contribution is 0.849. The Morgan fingerprint density at radius 2 is 1.93 bits per heavy atom. The van der Waals surface area contributed by atoms with Crippen molar-refractivity contribution in [3.8, 4) is 5.69 Å². The van der Waals surface area contributed by atoms with E-state index in [9.17, 15) is 4.79 Å². The first kappa shape index (κ1) is 9.83. The van der Waals surface area contributed by atoms with E-state index in [1.807, 2.05) is 46.0 Å². The molecule has 0 fully saturated rings. The minimum Gasteiger partial charge on any atom is -0.305 e. The summed E-state index contributed by atoms with van der Waals surface area (Å²) in [5.74, 6) is 0. The number of H-pyrrole nitrogens is 1. The van der Waals surface area contributed by atoms with Gasteiger partial charge in [0.15, 0.2) is 7.85 Å². The number of aromatic nitrogens is 2. The highest BCUT2D eigenvalue weighted by Crippen LogP contribution is 2.09. The molecule has 0 unspecified atom stereocenters. The zero-order valence-electron chi connectivity index (χ0n) is 9.16. The molecule has 1 N–H and O–H groups in total. The van der Waals surface area contributed by atoms with Crippen LogP contribution in [0.1, 0.15) is 11.1 Å². The van der Waals surface area contributed by atoms with E-state index in [0.29, 0.717) is 0 Å². The first-order valence-corrected chi connectivity index (χ1v) is 4.95. The van der Waals surface area contributed by atoms with Gasteiger partial charge in [0, 0.05) is 5.56 Å². The molecule has 15 heavy (non-hydrogen) atoms. The van der Waals surface area contributed by atoms with Gasteiger partial charge in [-0.05, 0) is 31.1 Å². The van der Waals surface area contributed by atoms with Crippen molar-refractivity contribution in [3.05, 3.63) is 45.7 Å². The predicted molar refractivity (Wildman–Crippen MR) is 64.0 cm³/mol. The Bertz CT molecular complexity index is 554. The van der Waals surface area contributed by atoms with E-state index in [0.717, 1.165) is 22.4 Å². The Morgan fingerprint density at radius 3 is 2.47 bits per heavy atom. The molecule has 0 radical (unpaired) electrons. The van der Waals surface area contributed by atoms with E-state index < -0.39 is 0 Å². The number of para-hydroxylation sites is 1. The van der Waals surface area contributed by atoms with Gasteiger partial charge in [0.25, 0.3) is 5.56 Å². The van der Waals surface area contributed by atoms with Gasteiger partial charge >= 0.3 is 0 Å². The summed E-state index contributed by atoms with van der Waals surface area (Å²) in [4.78, 5) is 11.9. The molecule has 0 aliphatic heterocycles. The van der Waals surface area contributed by atoms with Crippen LogP contribution in [0.2, 0.25) is 0 Å². The fourth-order valence-electron chi connectivity index (χ4n) is 1.61. The molecule has 0 amide bonds. The highest BCUT2D eigenvalue weighted by molar-refractivity contribution is 6.31. The van der Waals surface area contributed by atoms with Crippen LogP contribution >= 0.6 is 0 Å². The van der Waals surface area contributed by atoms with E-state index >= 15 is 0 Å². The molecular formula is C11H13BN2O. The van der Waals surface area contributed by atoms with Crippen LogP contribution in [0.3, 0.4) is 0 Å². The Morgan fingerprint density at radius 1 is 1.27 bits per heavy atom. The maximum atomic E-state index is 11.9. The van der Waals surface area contributed by atoms with Gasteiger partial charge in [0.2, 0.25) is 0 Å². The topological polar surface area (TPSA) is 37.8 Å². The maximum Gasteiger partial charge on any atom is 0.273 e. The van der Waals surface area contributed by atoms with Gasteiger partial charge in [-0.3, -0.25) is 4.79 Å². The molecule has 0 saturated heterocycles. The highest BCUT2D eigenvalue weighted by Gasteiger charge is 2.08. The summed E-state index contributed by atoms with van der Waals surface area (Å²) in [7, 11) is 1.91. The van der Waals surface area contributed by atoms with Crippen molar-refractivity contribution in [2.45, 2.75) is 13.8 Å². The summed E-state index contributed by atoms with van der Waals surface area (Å²) in [6.45, 7) is 3.83. The van der Waals surface area contributed by atoms with Gasteiger partial charge in [-0.15, -0.1) is 0 Å². The third-order valence-electron chi connectivity index (χ3n) is 2.72. The first-order valence-electron chi connectivity index (χ1n) is 4.95. The highest BCUT2D eigenvalue weighted by atomic mass is 16.1. The summed E-state index contributed by atoms with van der Waals surface area (Å²) in [5, 5.41) is 3.07. The molecule has 3 nitrogen and oxygen atoms in total. The van der Waals surface area contributed by atoms with Crippen LogP contribution in [0.4, 0.5) is 0 Å². The van der Waals surface area contributed by atoms with Crippen LogP contribution < -0.4 is 11.2 Å². The third kappa shape index (κ3) is 1.52. The Labute approximate surface area is 89.1 Å². The molecule has 1 heterocycles. The Kier molecular flexibility index (Phi) is 2.27. The smallest absolute Gasteiger partial charge is 0.273 e. The molecule has 0 aliphatic carbocycles. The molecule has 0 aliphatic rings. The van der Waals surface area contributed by atoms with Gasteiger partial charge in [0.1, 0.15) is 0 Å². The van der Waals surface area contributed by atoms with Crippen molar-refractivity contribution in [1.29, 1.82) is 0 Å². The summed E-state index contributed by atoms with van der Waals surface area (Å²) in [6.07, 6.45) is 0. The molecule has 2 aromatic rings. The van der Waals surface area contributed by atoms with Crippen molar-refractivity contribution < 1.29 is 0 Å². The first-order chi connectivity index (χ1) is 7.11. The maximum absolute atomic E-state index is 11.9. The molecule has 4 heteroatoms. The van der Waals surface area contributed by atoms with Crippen molar-refractivity contribution in [2.24, 2.45) is 0 Å². The summed E-state index contributed by atoms with van der Waals surface area (Å²) < 4.78 is 1.60. The van der Waals surface area contributed by atoms with Gasteiger partial charge in [0.05, 0.1) is 5.69 Å². The lowest BCUT2D eigenvalue weighted by Crippen LogP contribution is -2.16. The fourth-order valence-corrected chi connectivity index (χ4v) is 1.61. The quantitative estimate of drug-likeness (QED) is 0.648. The van der Waals surface area contributed by atoms with E-state index in [2.05, 4.69) is 5.10 Å². The Balaban J connectivity index is 2.70. The second kappa shape index (κ2) is 3.46. The van der Waals surface area contributed by atoms with Crippen molar-refractivity contribution in [2.75, 3.05) is 0 Å². The summed E-state index contributed by atoms with van der Waals surface area (Å²) in [6, 6.07) is 7.83. The van der Waals surface area contributed by atoms with Crippen LogP contribution in [0.15, 0.2) is 29.1 Å². The fraction of sp³-hybridized carbons (Fsp3) is 0.182. The average Bonchev–Trinajstić information content (AvgIpc) is 2.47. The molecule has 0 atom stereocenters. The van der Waals surface area contributed by atoms with Gasteiger partial charge < -0.3 is 5.10 Å². The number of hydrogen-bond acceptors (Lipinski definition) is 1. The van der Waals surface area contributed by atoms with Gasteiger partial charge in [-0.1, -0.05) is 18.2 Å². The number of nitrogens with one attached hydrogen (secondary N) is 1. The zero-order valence-corrected chi connectivity index (χ0v) is 9.16. The second-order valence-electron chi connectivity index (χ2n) is 3.79. The number of hydrogen-bond donors (Lipinski definition) is 1. The number of aromatic amines is 1. The minimum atomic E-state index is 0.0294. The average molecular weight is 200 g/mol. The molecular weight excluding hydrogens is 187 g/mol. The minimum absolute atomic E-state index is 0.0294. The van der Waals surface area contributed by atoms with Crippen LogP contribution in [-0.2, 0) is 0 Å². The Hall–Kier alpha value is -1.71. The van der Waals surface area contributed by atoms with E-state index in [-0.39, 0.29) is 5.56 Å². The molecule has 1 aromatic carbocycles. The van der Waals surface area contributed by atoms with E-state index in [1.165, 1.54) is 0 Å². The lowest BCUT2D eigenvalue weighted by Gasteiger charge is -2.04. The van der Waals surface area contributed by atoms with Crippen LogP contribution in [0.5, 0.6) is 0 Å². The largest absolute Gasteiger partial charge is 0.305 e. The molecule has 2 rings (SSSR count). The van der Waals surface area contributed by atoms with Crippen LogP contribution in [0.25, 0.3) is 5.69 Å². The van der Waals surface area contributed by atoms with Gasteiger partial charge in [-0.2, -0.15) is 0 Å². The number of aryl methyl sites for hydroxylation is 1. The van der Waals surface area contributed by atoms with Crippen LogP contribution in [-0.4, -0.2) is 17.6 Å². The number of rotatable bonds is 1. The summed E-state index contributed by atoms with van der Waals surface area (Å²) in [5.41, 5.74) is 3.72. The standard InChI is InChI=1S/C11H13BN2O/c1-7-5-3-4-6-9(7)14-11(15)8(2)10(12)13-14/h3-6,13H,12H2,1-2H3. The second-order valence-corrected chi connectivity index (χ2v) is 3.79. The van der Waals surface area contributed by atoms with Crippen molar-refractivity contribution in [3.63, 3.8) is 0 Å². The molecule has 1 aromatic heterocycles. The van der Waals surface area contributed by atoms with E-state index in [1.54, 1.807) is 4.68 Å². The van der Waals surface area contributed by atoms with Crippen molar-refractivity contribution in [1.82, 2.24) is 9.78 Å². The van der Waals surface area contributed by atoms with Gasteiger partial charge in [-0.25, -0.2) is 4.68 Å². The summed E-state index contributed by atoms with van der Waals surface area (Å²) >= 11 is 0. The van der Waals surface area contributed by atoms with Crippen LogP contribution in [0, 0.1) is 13.8 Å². The SMILES string of the molecule is Bc1[nH]n(-c2ccccc2C)c(=O)c1C. The number of benzene rings is 1. The van der Waals surface area contributed by atoms with E-state index in [4.69, 9.17) is 0 Å². The molecule has 0 spiro atoms. The normalized spacial score (nSPS) is 10.5. The zero-order chi connectivity index (χ0) is 11.0. The number of nitrogens with zero attached hydrogens (tertiary/aromatic N) is 1. The predicted octanol–water partition coefficient (Wildman–Crippen LogP) is 0.0408. The molecule has 0 saturated carbocycles. The molecule has 0 bridgehead atoms. The monoisotopic (exact) mass is 200 g/mol.